The fourth-order valence-electron chi connectivity index (χ4n) is 2.58. The van der Waals surface area contributed by atoms with Crippen LogP contribution in [0, 0.1) is 11.3 Å². The number of likely N-dealkylation sites (N-methyl/N-ethyl adjacent to an activating group) is 1. The second-order valence-corrected chi connectivity index (χ2v) is 8.26. The quantitative estimate of drug-likeness (QED) is 0.483. The predicted molar refractivity (Wildman–Crippen MR) is 110 cm³/mol. The molecule has 1 atom stereocenters. The Morgan fingerprint density at radius 1 is 1.13 bits per heavy atom. The van der Waals surface area contributed by atoms with Crippen molar-refractivity contribution < 1.29 is 22.7 Å². The number of carbonyl (C=O) groups is 2. The van der Waals surface area contributed by atoms with Crippen LogP contribution in [-0.4, -0.2) is 45.4 Å². The van der Waals surface area contributed by atoms with Gasteiger partial charge in [-0.15, -0.1) is 0 Å². The number of carbonyl (C=O) groups excluding carboxylic acids is 2. The maximum Gasteiger partial charge on any atom is 0.338 e. The average Bonchev–Trinajstić information content (AvgIpc) is 2.77. The summed E-state index contributed by atoms with van der Waals surface area (Å²) in [6.45, 7) is 1.45. The molecule has 0 fully saturated rings. The van der Waals surface area contributed by atoms with Crippen molar-refractivity contribution in [2.75, 3.05) is 20.2 Å². The Kier molecular flexibility index (Phi) is 8.09. The summed E-state index contributed by atoms with van der Waals surface area (Å²) in [5, 5.41) is 8.48. The van der Waals surface area contributed by atoms with E-state index in [-0.39, 0.29) is 35.4 Å². The first-order valence-corrected chi connectivity index (χ1v) is 10.7. The van der Waals surface area contributed by atoms with Crippen LogP contribution in [0.3, 0.4) is 0 Å². The molecule has 0 aliphatic rings. The van der Waals surface area contributed by atoms with Gasteiger partial charge in [-0.1, -0.05) is 30.3 Å². The highest BCUT2D eigenvalue weighted by Gasteiger charge is 2.20. The van der Waals surface area contributed by atoms with Crippen LogP contribution in [0.25, 0.3) is 0 Å². The number of esters is 1. The first kappa shape index (κ1) is 23.1. The standard InChI is InChI=1S/C21H23N3O5S/c1-16(17-7-4-3-5-8-17)24(2)20(25)15-29-21(26)18-9-11-19(12-10-18)30(27,28)23-14-6-13-22/h3-5,7-12,16,23H,6,14-15H2,1-2H3. The molecule has 0 heterocycles. The molecule has 0 aliphatic heterocycles. The van der Waals surface area contributed by atoms with Gasteiger partial charge in [0.2, 0.25) is 10.0 Å². The molecule has 9 heteroatoms. The van der Waals surface area contributed by atoms with Crippen molar-refractivity contribution in [3.63, 3.8) is 0 Å². The number of amides is 1. The molecular formula is C21H23N3O5S. The van der Waals surface area contributed by atoms with Gasteiger partial charge >= 0.3 is 5.97 Å². The second kappa shape index (κ2) is 10.5. The molecule has 0 saturated carbocycles. The molecule has 2 rings (SSSR count). The number of hydrogen-bond acceptors (Lipinski definition) is 6. The van der Waals surface area contributed by atoms with Crippen molar-refractivity contribution in [1.29, 1.82) is 5.26 Å². The topological polar surface area (TPSA) is 117 Å². The van der Waals surface area contributed by atoms with Gasteiger partial charge in [0.25, 0.3) is 5.91 Å². The van der Waals surface area contributed by atoms with E-state index in [1.807, 2.05) is 43.3 Å². The molecule has 1 N–H and O–H groups in total. The zero-order chi connectivity index (χ0) is 22.1. The number of sulfonamides is 1. The number of rotatable bonds is 9. The molecule has 8 nitrogen and oxygen atoms in total. The Balaban J connectivity index is 1.93. The third kappa shape index (κ3) is 6.14. The average molecular weight is 429 g/mol. The Labute approximate surface area is 176 Å². The summed E-state index contributed by atoms with van der Waals surface area (Å²) in [7, 11) is -2.13. The molecule has 0 saturated heterocycles. The minimum Gasteiger partial charge on any atom is -0.452 e. The van der Waals surface area contributed by atoms with Crippen LogP contribution in [0.4, 0.5) is 0 Å². The first-order chi connectivity index (χ1) is 14.3. The van der Waals surface area contributed by atoms with Crippen molar-refractivity contribution in [2.24, 2.45) is 0 Å². The number of benzene rings is 2. The SMILES string of the molecule is CC(c1ccccc1)N(C)C(=O)COC(=O)c1ccc(S(=O)(=O)NCCC#N)cc1. The van der Waals surface area contributed by atoms with Crippen molar-refractivity contribution in [3.8, 4) is 6.07 Å². The summed E-state index contributed by atoms with van der Waals surface area (Å²) < 4.78 is 31.5. The van der Waals surface area contributed by atoms with Crippen molar-refractivity contribution in [1.82, 2.24) is 9.62 Å². The molecule has 0 radical (unpaired) electrons. The minimum absolute atomic E-state index is 0.000337. The fourth-order valence-corrected chi connectivity index (χ4v) is 3.61. The number of nitriles is 1. The normalized spacial score (nSPS) is 11.9. The molecule has 30 heavy (non-hydrogen) atoms. The predicted octanol–water partition coefficient (Wildman–Crippen LogP) is 2.25. The van der Waals surface area contributed by atoms with Crippen molar-refractivity contribution >= 4 is 21.9 Å². The Bertz CT molecular complexity index is 1010. The van der Waals surface area contributed by atoms with E-state index >= 15 is 0 Å². The van der Waals surface area contributed by atoms with Crippen LogP contribution >= 0.6 is 0 Å². The third-order valence-corrected chi connectivity index (χ3v) is 5.99. The van der Waals surface area contributed by atoms with Crippen molar-refractivity contribution in [3.05, 3.63) is 65.7 Å². The Hall–Kier alpha value is -3.22. The van der Waals surface area contributed by atoms with Crippen LogP contribution in [-0.2, 0) is 19.6 Å². The van der Waals surface area contributed by atoms with Gasteiger partial charge in [-0.25, -0.2) is 17.9 Å². The molecule has 0 aliphatic carbocycles. The maximum atomic E-state index is 12.3. The van der Waals surface area contributed by atoms with E-state index in [0.29, 0.717) is 0 Å². The van der Waals surface area contributed by atoms with E-state index in [1.54, 1.807) is 7.05 Å². The zero-order valence-electron chi connectivity index (χ0n) is 16.7. The lowest BCUT2D eigenvalue weighted by molar-refractivity contribution is -0.135. The zero-order valence-corrected chi connectivity index (χ0v) is 17.6. The van der Waals surface area contributed by atoms with Crippen LogP contribution in [0.5, 0.6) is 0 Å². The van der Waals surface area contributed by atoms with E-state index < -0.39 is 22.6 Å². The Morgan fingerprint density at radius 3 is 2.37 bits per heavy atom. The largest absolute Gasteiger partial charge is 0.452 e. The van der Waals surface area contributed by atoms with Crippen LogP contribution < -0.4 is 4.72 Å². The molecule has 158 valence electrons. The smallest absolute Gasteiger partial charge is 0.338 e. The number of ether oxygens (including phenoxy) is 1. The monoisotopic (exact) mass is 429 g/mol. The van der Waals surface area contributed by atoms with Gasteiger partial charge in [-0.2, -0.15) is 5.26 Å². The van der Waals surface area contributed by atoms with E-state index in [9.17, 15) is 18.0 Å². The summed E-state index contributed by atoms with van der Waals surface area (Å²) in [6, 6.07) is 16.3. The van der Waals surface area contributed by atoms with Gasteiger partial charge in [-0.05, 0) is 36.8 Å². The molecule has 2 aromatic rings. The van der Waals surface area contributed by atoms with Gasteiger partial charge in [-0.3, -0.25) is 4.79 Å². The first-order valence-electron chi connectivity index (χ1n) is 9.20. The number of nitrogens with one attached hydrogen (secondary N) is 1. The highest BCUT2D eigenvalue weighted by molar-refractivity contribution is 7.89. The van der Waals surface area contributed by atoms with Gasteiger partial charge in [0.15, 0.2) is 6.61 Å². The molecule has 1 amide bonds. The number of hydrogen-bond donors (Lipinski definition) is 1. The van der Waals surface area contributed by atoms with E-state index in [2.05, 4.69) is 4.72 Å². The summed E-state index contributed by atoms with van der Waals surface area (Å²) in [5.41, 5.74) is 1.08. The molecule has 0 spiro atoms. The highest BCUT2D eigenvalue weighted by Crippen LogP contribution is 2.18. The van der Waals surface area contributed by atoms with Crippen LogP contribution in [0.1, 0.15) is 35.3 Å². The molecule has 0 bridgehead atoms. The Morgan fingerprint density at radius 2 is 1.77 bits per heavy atom. The van der Waals surface area contributed by atoms with Gasteiger partial charge in [0, 0.05) is 20.0 Å². The van der Waals surface area contributed by atoms with Crippen LogP contribution in [0.2, 0.25) is 0 Å². The summed E-state index contributed by atoms with van der Waals surface area (Å²) >= 11 is 0. The lowest BCUT2D eigenvalue weighted by Crippen LogP contribution is -2.33. The third-order valence-electron chi connectivity index (χ3n) is 4.51. The highest BCUT2D eigenvalue weighted by atomic mass is 32.2. The fraction of sp³-hybridized carbons (Fsp3) is 0.286. The molecule has 0 aromatic heterocycles. The van der Waals surface area contributed by atoms with E-state index in [1.165, 1.54) is 29.2 Å². The summed E-state index contributed by atoms with van der Waals surface area (Å²) in [6.07, 6.45) is 0.0506. The lowest BCUT2D eigenvalue weighted by atomic mass is 10.1. The maximum absolute atomic E-state index is 12.3. The molecule has 1 unspecified atom stereocenters. The molecular weight excluding hydrogens is 406 g/mol. The second-order valence-electron chi connectivity index (χ2n) is 6.50. The summed E-state index contributed by atoms with van der Waals surface area (Å²) in [4.78, 5) is 26.0. The summed E-state index contributed by atoms with van der Waals surface area (Å²) in [5.74, 6) is -1.09. The minimum atomic E-state index is -3.76. The van der Waals surface area contributed by atoms with Gasteiger partial charge in [0.1, 0.15) is 0 Å². The van der Waals surface area contributed by atoms with Gasteiger partial charge in [0.05, 0.1) is 22.6 Å². The number of nitrogens with zero attached hydrogens (tertiary/aromatic N) is 2. The lowest BCUT2D eigenvalue weighted by Gasteiger charge is -2.25. The molecule has 2 aromatic carbocycles. The van der Waals surface area contributed by atoms with E-state index in [4.69, 9.17) is 10.00 Å². The van der Waals surface area contributed by atoms with E-state index in [0.717, 1.165) is 5.56 Å². The van der Waals surface area contributed by atoms with Crippen molar-refractivity contribution in [2.45, 2.75) is 24.3 Å². The van der Waals surface area contributed by atoms with Crippen LogP contribution in [0.15, 0.2) is 59.5 Å². The van der Waals surface area contributed by atoms with Gasteiger partial charge < -0.3 is 9.64 Å².